The number of benzene rings is 2. The van der Waals surface area contributed by atoms with Crippen LogP contribution < -0.4 is 18.9 Å². The summed E-state index contributed by atoms with van der Waals surface area (Å²) in [4.78, 5) is 24.5. The van der Waals surface area contributed by atoms with Crippen molar-refractivity contribution < 1.29 is 42.7 Å². The highest BCUT2D eigenvalue weighted by Gasteiger charge is 2.43. The van der Waals surface area contributed by atoms with Gasteiger partial charge in [-0.15, -0.1) is 0 Å². The van der Waals surface area contributed by atoms with Gasteiger partial charge in [-0.1, -0.05) is 6.07 Å². The van der Waals surface area contributed by atoms with Crippen molar-refractivity contribution in [2.75, 3.05) is 42.2 Å². The van der Waals surface area contributed by atoms with Gasteiger partial charge in [-0.3, -0.25) is 4.79 Å². The Morgan fingerprint density at radius 3 is 1.97 bits per heavy atom. The minimum absolute atomic E-state index is 0.0877. The van der Waals surface area contributed by atoms with E-state index in [0.717, 1.165) is 0 Å². The number of carbonyl (C=O) groups excluding carboxylic acids is 2. The van der Waals surface area contributed by atoms with E-state index < -0.39 is 24.0 Å². The third-order valence-corrected chi connectivity index (χ3v) is 5.48. The van der Waals surface area contributed by atoms with Gasteiger partial charge in [0.25, 0.3) is 0 Å². The molecule has 0 spiro atoms. The summed E-state index contributed by atoms with van der Waals surface area (Å²) >= 11 is 0. The molecule has 9 heteroatoms. The van der Waals surface area contributed by atoms with Crippen molar-refractivity contribution in [3.63, 3.8) is 0 Å². The lowest BCUT2D eigenvalue weighted by molar-refractivity contribution is -0.144. The maximum Gasteiger partial charge on any atom is 0.338 e. The zero-order valence-corrected chi connectivity index (χ0v) is 20.0. The van der Waals surface area contributed by atoms with E-state index >= 15 is 0 Å². The molecule has 0 saturated heterocycles. The fourth-order valence-corrected chi connectivity index (χ4v) is 3.86. The van der Waals surface area contributed by atoms with Gasteiger partial charge in [0, 0.05) is 12.5 Å². The first-order valence-electron chi connectivity index (χ1n) is 10.4. The Kier molecular flexibility index (Phi) is 7.88. The largest absolute Gasteiger partial charge is 0.493 e. The predicted octanol–water partition coefficient (Wildman–Crippen LogP) is 3.56. The van der Waals surface area contributed by atoms with Crippen molar-refractivity contribution in [1.29, 1.82) is 0 Å². The second-order valence-corrected chi connectivity index (χ2v) is 7.37. The topological polar surface area (TPSA) is 98.8 Å². The molecular weight excluding hydrogens is 444 g/mol. The van der Waals surface area contributed by atoms with Crippen molar-refractivity contribution in [3.8, 4) is 23.0 Å². The minimum atomic E-state index is -0.670. The van der Waals surface area contributed by atoms with Gasteiger partial charge in [-0.25, -0.2) is 4.79 Å². The summed E-state index contributed by atoms with van der Waals surface area (Å²) in [5, 5.41) is 0. The van der Waals surface area contributed by atoms with Gasteiger partial charge < -0.3 is 33.2 Å². The summed E-state index contributed by atoms with van der Waals surface area (Å²) in [7, 11) is 7.40. The number of carbonyl (C=O) groups is 2. The maximum absolute atomic E-state index is 12.9. The van der Waals surface area contributed by atoms with E-state index in [9.17, 15) is 9.59 Å². The Labute approximate surface area is 198 Å². The first-order valence-corrected chi connectivity index (χ1v) is 10.4. The standard InChI is InChI=1S/C25H28O9/c1-14(26)33-13-17-22(25(27)32-6)24(16-8-10-19(29-3)21(12-16)31-5)34-23(17)15-7-9-18(28-2)20(11-15)30-4/h7-12,17,23H,13H2,1-6H3. The molecule has 0 aromatic heterocycles. The number of hydrogen-bond acceptors (Lipinski definition) is 9. The molecule has 2 unspecified atom stereocenters. The van der Waals surface area contributed by atoms with E-state index in [1.165, 1.54) is 35.4 Å². The number of rotatable bonds is 9. The number of ether oxygens (including phenoxy) is 7. The Morgan fingerprint density at radius 2 is 1.41 bits per heavy atom. The van der Waals surface area contributed by atoms with Gasteiger partial charge in [0.2, 0.25) is 0 Å². The molecule has 0 amide bonds. The molecule has 0 aliphatic carbocycles. The van der Waals surface area contributed by atoms with Crippen LogP contribution in [-0.4, -0.2) is 54.1 Å². The molecule has 9 nitrogen and oxygen atoms in total. The lowest BCUT2D eigenvalue weighted by atomic mass is 9.90. The molecule has 1 heterocycles. The highest BCUT2D eigenvalue weighted by atomic mass is 16.5. The van der Waals surface area contributed by atoms with Crippen LogP contribution in [0.4, 0.5) is 0 Å². The molecule has 1 aliphatic heterocycles. The summed E-state index contributed by atoms with van der Waals surface area (Å²) in [6.45, 7) is 1.22. The van der Waals surface area contributed by atoms with Gasteiger partial charge in [0.1, 0.15) is 18.5 Å². The van der Waals surface area contributed by atoms with Crippen molar-refractivity contribution in [3.05, 3.63) is 53.1 Å². The van der Waals surface area contributed by atoms with E-state index in [0.29, 0.717) is 39.9 Å². The SMILES string of the molecule is COC(=O)C1=C(c2ccc(OC)c(OC)c2)OC(c2ccc(OC)c(OC)c2)C1COC(C)=O. The smallest absolute Gasteiger partial charge is 0.338 e. The third kappa shape index (κ3) is 4.88. The molecule has 34 heavy (non-hydrogen) atoms. The average molecular weight is 472 g/mol. The van der Waals surface area contributed by atoms with Gasteiger partial charge in [-0.2, -0.15) is 0 Å². The van der Waals surface area contributed by atoms with Crippen LogP contribution in [0.2, 0.25) is 0 Å². The minimum Gasteiger partial charge on any atom is -0.493 e. The average Bonchev–Trinajstić information content (AvgIpc) is 3.25. The molecule has 0 radical (unpaired) electrons. The van der Waals surface area contributed by atoms with Gasteiger partial charge in [-0.05, 0) is 35.9 Å². The highest BCUT2D eigenvalue weighted by molar-refractivity contribution is 5.98. The fourth-order valence-electron chi connectivity index (χ4n) is 3.86. The predicted molar refractivity (Wildman–Crippen MR) is 122 cm³/mol. The molecule has 0 N–H and O–H groups in total. The van der Waals surface area contributed by atoms with E-state index in [-0.39, 0.29) is 12.2 Å². The normalized spacial score (nSPS) is 17.0. The lowest BCUT2D eigenvalue weighted by Crippen LogP contribution is -2.23. The number of methoxy groups -OCH3 is 5. The van der Waals surface area contributed by atoms with Crippen LogP contribution >= 0.6 is 0 Å². The third-order valence-electron chi connectivity index (χ3n) is 5.48. The zero-order chi connectivity index (χ0) is 24.8. The second-order valence-electron chi connectivity index (χ2n) is 7.37. The van der Waals surface area contributed by atoms with Crippen LogP contribution in [0.25, 0.3) is 5.76 Å². The summed E-state index contributed by atoms with van der Waals surface area (Å²) in [5.74, 6) is 0.613. The van der Waals surface area contributed by atoms with Crippen molar-refractivity contribution >= 4 is 17.7 Å². The van der Waals surface area contributed by atoms with Crippen LogP contribution in [0.1, 0.15) is 24.2 Å². The Morgan fingerprint density at radius 1 is 0.824 bits per heavy atom. The summed E-state index contributed by atoms with van der Waals surface area (Å²) in [5.41, 5.74) is 1.52. The second kappa shape index (κ2) is 10.8. The monoisotopic (exact) mass is 472 g/mol. The van der Waals surface area contributed by atoms with E-state index in [1.54, 1.807) is 43.5 Å². The van der Waals surface area contributed by atoms with Crippen LogP contribution in [0.3, 0.4) is 0 Å². The van der Waals surface area contributed by atoms with Crippen LogP contribution in [0.15, 0.2) is 42.0 Å². The molecular formula is C25H28O9. The molecule has 1 aliphatic rings. The number of hydrogen-bond donors (Lipinski definition) is 0. The Balaban J connectivity index is 2.15. The van der Waals surface area contributed by atoms with Crippen molar-refractivity contribution in [2.45, 2.75) is 13.0 Å². The quantitative estimate of drug-likeness (QED) is 0.507. The van der Waals surface area contributed by atoms with Crippen LogP contribution in [0, 0.1) is 5.92 Å². The van der Waals surface area contributed by atoms with E-state index in [2.05, 4.69) is 0 Å². The summed E-state index contributed by atoms with van der Waals surface area (Å²) in [6, 6.07) is 10.5. The van der Waals surface area contributed by atoms with Crippen molar-refractivity contribution in [1.82, 2.24) is 0 Å². The van der Waals surface area contributed by atoms with E-state index in [4.69, 9.17) is 33.2 Å². The Bertz CT molecular complexity index is 1090. The van der Waals surface area contributed by atoms with Crippen molar-refractivity contribution in [2.24, 2.45) is 5.92 Å². The molecule has 0 saturated carbocycles. The highest BCUT2D eigenvalue weighted by Crippen LogP contribution is 2.48. The molecule has 2 aromatic rings. The molecule has 0 bridgehead atoms. The number of esters is 2. The first-order chi connectivity index (χ1) is 16.4. The molecule has 2 aromatic carbocycles. The van der Waals surface area contributed by atoms with Crippen LogP contribution in [0.5, 0.6) is 23.0 Å². The molecule has 182 valence electrons. The molecule has 2 atom stereocenters. The summed E-state index contributed by atoms with van der Waals surface area (Å²) < 4.78 is 38.2. The lowest BCUT2D eigenvalue weighted by Gasteiger charge is -2.22. The fraction of sp³-hybridized carbons (Fsp3) is 0.360. The van der Waals surface area contributed by atoms with Gasteiger partial charge >= 0.3 is 11.9 Å². The van der Waals surface area contributed by atoms with Crippen LogP contribution in [-0.2, 0) is 23.8 Å². The molecule has 0 fully saturated rings. The first kappa shape index (κ1) is 24.8. The Hall–Kier alpha value is -3.88. The molecule has 3 rings (SSSR count). The summed E-state index contributed by atoms with van der Waals surface area (Å²) in [6.07, 6.45) is -0.670. The zero-order valence-electron chi connectivity index (χ0n) is 20.0. The van der Waals surface area contributed by atoms with Gasteiger partial charge in [0.05, 0.1) is 47.0 Å². The van der Waals surface area contributed by atoms with E-state index in [1.807, 2.05) is 0 Å². The maximum atomic E-state index is 12.9. The van der Waals surface area contributed by atoms with Gasteiger partial charge in [0.15, 0.2) is 23.0 Å².